The fourth-order valence-corrected chi connectivity index (χ4v) is 2.17. The van der Waals surface area contributed by atoms with Gasteiger partial charge in [-0.25, -0.2) is 4.79 Å². The molecule has 102 valence electrons. The smallest absolute Gasteiger partial charge is 0.321 e. The third-order valence-corrected chi connectivity index (χ3v) is 3.50. The van der Waals surface area contributed by atoms with Crippen molar-refractivity contribution in [2.24, 2.45) is 0 Å². The molecular formula is C12H21N3O3. The molecule has 0 aromatic carbocycles. The number of carbonyl (C=O) groups is 2. The van der Waals surface area contributed by atoms with E-state index in [1.807, 2.05) is 4.90 Å². The van der Waals surface area contributed by atoms with E-state index in [2.05, 4.69) is 10.6 Å². The Hall–Kier alpha value is -1.14. The van der Waals surface area contributed by atoms with E-state index in [-0.39, 0.29) is 24.1 Å². The number of aliphatic hydroxyl groups excluding tert-OH is 1. The summed E-state index contributed by atoms with van der Waals surface area (Å²) >= 11 is 0. The maximum atomic E-state index is 11.9. The summed E-state index contributed by atoms with van der Waals surface area (Å²) in [6.45, 7) is 3.05. The third kappa shape index (κ3) is 3.68. The standard InChI is InChI=1S/C12H21N3O3/c1-8(15-6-2-3-10(16)7-15)11(17)14-12(18)13-9-4-5-9/h8-10,16H,2-7H2,1H3,(H2,13,14,17,18)/t8-,10-/m0/s1. The number of nitrogens with one attached hydrogen (secondary N) is 2. The average molecular weight is 255 g/mol. The molecule has 1 saturated carbocycles. The van der Waals surface area contributed by atoms with Crippen molar-refractivity contribution in [3.8, 4) is 0 Å². The van der Waals surface area contributed by atoms with Crippen molar-refractivity contribution in [1.29, 1.82) is 0 Å². The first kappa shape index (κ1) is 13.3. The average Bonchev–Trinajstić information content (AvgIpc) is 3.11. The van der Waals surface area contributed by atoms with Gasteiger partial charge in [-0.2, -0.15) is 0 Å². The van der Waals surface area contributed by atoms with Gasteiger partial charge in [0.25, 0.3) is 0 Å². The quantitative estimate of drug-likeness (QED) is 0.653. The predicted molar refractivity (Wildman–Crippen MR) is 66.0 cm³/mol. The van der Waals surface area contributed by atoms with Crippen LogP contribution in [-0.2, 0) is 4.79 Å². The molecule has 0 spiro atoms. The molecular weight excluding hydrogens is 234 g/mol. The minimum absolute atomic E-state index is 0.241. The molecule has 0 bridgehead atoms. The highest BCUT2D eigenvalue weighted by atomic mass is 16.3. The number of amides is 3. The van der Waals surface area contributed by atoms with E-state index in [0.717, 1.165) is 32.2 Å². The summed E-state index contributed by atoms with van der Waals surface area (Å²) in [6, 6.07) is -0.554. The number of likely N-dealkylation sites (tertiary alicyclic amines) is 1. The summed E-state index contributed by atoms with van der Waals surface area (Å²) in [5, 5.41) is 14.6. The number of aliphatic hydroxyl groups is 1. The maximum Gasteiger partial charge on any atom is 0.321 e. The van der Waals surface area contributed by atoms with Gasteiger partial charge in [0.15, 0.2) is 0 Å². The van der Waals surface area contributed by atoms with Crippen molar-refractivity contribution in [2.45, 2.75) is 50.8 Å². The molecule has 0 aromatic heterocycles. The molecule has 2 fully saturated rings. The molecule has 1 heterocycles. The van der Waals surface area contributed by atoms with Crippen LogP contribution < -0.4 is 10.6 Å². The van der Waals surface area contributed by atoms with Gasteiger partial charge in [-0.3, -0.25) is 15.0 Å². The first-order valence-corrected chi connectivity index (χ1v) is 6.59. The highest BCUT2D eigenvalue weighted by molar-refractivity contribution is 5.96. The van der Waals surface area contributed by atoms with E-state index < -0.39 is 6.03 Å². The fourth-order valence-electron chi connectivity index (χ4n) is 2.17. The van der Waals surface area contributed by atoms with Crippen molar-refractivity contribution >= 4 is 11.9 Å². The molecule has 6 nitrogen and oxygen atoms in total. The largest absolute Gasteiger partial charge is 0.392 e. The van der Waals surface area contributed by atoms with Crippen molar-refractivity contribution in [3.05, 3.63) is 0 Å². The SMILES string of the molecule is C[C@@H](C(=O)NC(=O)NC1CC1)N1CCC[C@H](O)C1. The highest BCUT2D eigenvalue weighted by Crippen LogP contribution is 2.18. The second-order valence-corrected chi connectivity index (χ2v) is 5.20. The molecule has 0 aromatic rings. The monoisotopic (exact) mass is 255 g/mol. The van der Waals surface area contributed by atoms with Gasteiger partial charge in [-0.15, -0.1) is 0 Å². The first-order valence-electron chi connectivity index (χ1n) is 6.59. The molecule has 0 unspecified atom stereocenters. The summed E-state index contributed by atoms with van der Waals surface area (Å²) in [5.41, 5.74) is 0. The van der Waals surface area contributed by atoms with Gasteiger partial charge in [0.05, 0.1) is 12.1 Å². The zero-order valence-electron chi connectivity index (χ0n) is 10.7. The van der Waals surface area contributed by atoms with Gasteiger partial charge in [-0.1, -0.05) is 0 Å². The lowest BCUT2D eigenvalue weighted by atomic mass is 10.1. The Bertz CT molecular complexity index is 331. The first-order chi connectivity index (χ1) is 8.56. The Balaban J connectivity index is 1.77. The second-order valence-electron chi connectivity index (χ2n) is 5.20. The number of β-amino-alcohol motifs (C(OH)–C–C–N with tert-alkyl or cyclic N) is 1. The van der Waals surface area contributed by atoms with Gasteiger partial charge in [0.1, 0.15) is 0 Å². The van der Waals surface area contributed by atoms with Crippen LogP contribution in [0.15, 0.2) is 0 Å². The highest BCUT2D eigenvalue weighted by Gasteiger charge is 2.29. The van der Waals surface area contributed by atoms with E-state index in [4.69, 9.17) is 0 Å². The fraction of sp³-hybridized carbons (Fsp3) is 0.833. The summed E-state index contributed by atoms with van der Waals surface area (Å²) in [4.78, 5) is 25.2. The number of rotatable bonds is 3. The van der Waals surface area contributed by atoms with Crippen LogP contribution in [-0.4, -0.2) is 53.2 Å². The number of piperidine rings is 1. The number of hydrogen-bond donors (Lipinski definition) is 3. The number of imide groups is 1. The molecule has 2 aliphatic rings. The number of nitrogens with zero attached hydrogens (tertiary/aromatic N) is 1. The minimum Gasteiger partial charge on any atom is -0.392 e. The summed E-state index contributed by atoms with van der Waals surface area (Å²) in [6.07, 6.45) is 3.29. The maximum absolute atomic E-state index is 11.9. The van der Waals surface area contributed by atoms with Crippen LogP contribution in [0.4, 0.5) is 4.79 Å². The Morgan fingerprint density at radius 3 is 2.67 bits per heavy atom. The molecule has 0 radical (unpaired) electrons. The summed E-state index contributed by atoms with van der Waals surface area (Å²) in [5.74, 6) is -0.303. The van der Waals surface area contributed by atoms with Gasteiger partial charge < -0.3 is 10.4 Å². The number of urea groups is 1. The summed E-state index contributed by atoms with van der Waals surface area (Å²) < 4.78 is 0. The van der Waals surface area contributed by atoms with Crippen LogP contribution in [0, 0.1) is 0 Å². The van der Waals surface area contributed by atoms with Crippen LogP contribution in [0.1, 0.15) is 32.6 Å². The zero-order valence-corrected chi connectivity index (χ0v) is 10.7. The molecule has 3 amide bonds. The minimum atomic E-state index is -0.410. The van der Waals surface area contributed by atoms with Crippen LogP contribution in [0.3, 0.4) is 0 Å². The molecule has 18 heavy (non-hydrogen) atoms. The predicted octanol–water partition coefficient (Wildman–Crippen LogP) is -0.180. The molecule has 3 N–H and O–H groups in total. The van der Waals surface area contributed by atoms with Crippen molar-refractivity contribution < 1.29 is 14.7 Å². The topological polar surface area (TPSA) is 81.7 Å². The number of hydrogen-bond acceptors (Lipinski definition) is 4. The molecule has 1 aliphatic heterocycles. The Kier molecular flexibility index (Phi) is 4.19. The normalized spacial score (nSPS) is 26.4. The van der Waals surface area contributed by atoms with Crippen LogP contribution in [0.5, 0.6) is 0 Å². The lowest BCUT2D eigenvalue weighted by molar-refractivity contribution is -0.125. The van der Waals surface area contributed by atoms with E-state index in [1.54, 1.807) is 6.92 Å². The van der Waals surface area contributed by atoms with E-state index in [0.29, 0.717) is 6.54 Å². The van der Waals surface area contributed by atoms with Crippen LogP contribution in [0.25, 0.3) is 0 Å². The van der Waals surface area contributed by atoms with E-state index >= 15 is 0 Å². The molecule has 1 aliphatic carbocycles. The molecule has 1 saturated heterocycles. The van der Waals surface area contributed by atoms with Gasteiger partial charge in [-0.05, 0) is 39.2 Å². The van der Waals surface area contributed by atoms with Gasteiger partial charge in [0.2, 0.25) is 5.91 Å². The number of carbonyl (C=O) groups excluding carboxylic acids is 2. The van der Waals surface area contributed by atoms with Crippen molar-refractivity contribution in [2.75, 3.05) is 13.1 Å². The Labute approximate surface area is 107 Å². The molecule has 6 heteroatoms. The molecule has 2 atom stereocenters. The zero-order chi connectivity index (χ0) is 13.1. The van der Waals surface area contributed by atoms with E-state index in [9.17, 15) is 14.7 Å². The van der Waals surface area contributed by atoms with Gasteiger partial charge >= 0.3 is 6.03 Å². The van der Waals surface area contributed by atoms with E-state index in [1.165, 1.54) is 0 Å². The summed E-state index contributed by atoms with van der Waals surface area (Å²) in [7, 11) is 0. The Morgan fingerprint density at radius 1 is 1.33 bits per heavy atom. The molecule has 2 rings (SSSR count). The van der Waals surface area contributed by atoms with Gasteiger partial charge in [0, 0.05) is 12.6 Å². The lowest BCUT2D eigenvalue weighted by Crippen LogP contribution is -2.53. The van der Waals surface area contributed by atoms with Crippen LogP contribution >= 0.6 is 0 Å². The van der Waals surface area contributed by atoms with Crippen molar-refractivity contribution in [3.63, 3.8) is 0 Å². The lowest BCUT2D eigenvalue weighted by Gasteiger charge is -2.33. The van der Waals surface area contributed by atoms with Crippen LogP contribution in [0.2, 0.25) is 0 Å². The second kappa shape index (κ2) is 5.67. The Morgan fingerprint density at radius 2 is 2.06 bits per heavy atom. The third-order valence-electron chi connectivity index (χ3n) is 3.50. The van der Waals surface area contributed by atoms with Crippen molar-refractivity contribution in [1.82, 2.24) is 15.5 Å².